The van der Waals surface area contributed by atoms with Gasteiger partial charge in [-0.3, -0.25) is 4.79 Å². The minimum atomic E-state index is -0.553. The molecule has 0 bridgehead atoms. The van der Waals surface area contributed by atoms with Crippen LogP contribution in [0.15, 0.2) is 53.4 Å². The number of para-hydroxylation sites is 2. The number of ether oxygens (including phenoxy) is 1. The third-order valence-electron chi connectivity index (χ3n) is 3.39. The van der Waals surface area contributed by atoms with Crippen LogP contribution in [-0.2, 0) is 11.2 Å². The Morgan fingerprint density at radius 3 is 2.59 bits per heavy atom. The molecule has 0 saturated heterocycles. The Morgan fingerprint density at radius 2 is 1.86 bits per heavy atom. The number of benzene rings is 2. The van der Waals surface area contributed by atoms with Gasteiger partial charge in [0.05, 0.1) is 5.69 Å². The maximum absolute atomic E-state index is 12.3. The van der Waals surface area contributed by atoms with Crippen molar-refractivity contribution in [1.82, 2.24) is 0 Å². The van der Waals surface area contributed by atoms with Crippen molar-refractivity contribution in [3.8, 4) is 5.75 Å². The minimum Gasteiger partial charge on any atom is -0.481 e. The van der Waals surface area contributed by atoms with Crippen LogP contribution >= 0.6 is 11.8 Å². The molecule has 4 heteroatoms. The number of anilines is 1. The molecule has 116 valence electrons. The van der Waals surface area contributed by atoms with Gasteiger partial charge < -0.3 is 10.1 Å². The fraction of sp³-hybridized carbons (Fsp3) is 0.278. The Morgan fingerprint density at radius 1 is 1.18 bits per heavy atom. The summed E-state index contributed by atoms with van der Waals surface area (Å²) in [6.07, 6.45) is 2.31. The van der Waals surface area contributed by atoms with Gasteiger partial charge in [-0.1, -0.05) is 37.3 Å². The number of aryl methyl sites for hydroxylation is 1. The lowest BCUT2D eigenvalue weighted by atomic mass is 10.1. The third kappa shape index (κ3) is 4.04. The Balaban J connectivity index is 2.06. The molecule has 1 atom stereocenters. The molecule has 2 aromatic carbocycles. The first-order valence-corrected chi connectivity index (χ1v) is 8.56. The molecular formula is C18H21NO2S. The Labute approximate surface area is 136 Å². The van der Waals surface area contributed by atoms with Crippen molar-refractivity contribution in [1.29, 1.82) is 0 Å². The Hall–Kier alpha value is -1.94. The van der Waals surface area contributed by atoms with E-state index in [-0.39, 0.29) is 5.91 Å². The van der Waals surface area contributed by atoms with Crippen LogP contribution < -0.4 is 10.1 Å². The topological polar surface area (TPSA) is 38.3 Å². The first kappa shape index (κ1) is 16.4. The highest BCUT2D eigenvalue weighted by Gasteiger charge is 2.17. The molecule has 0 spiro atoms. The zero-order valence-corrected chi connectivity index (χ0v) is 13.9. The van der Waals surface area contributed by atoms with Gasteiger partial charge >= 0.3 is 0 Å². The molecule has 2 rings (SSSR count). The molecule has 0 saturated carbocycles. The van der Waals surface area contributed by atoms with Crippen LogP contribution in [0, 0.1) is 0 Å². The average molecular weight is 315 g/mol. The molecule has 0 aromatic heterocycles. The molecule has 22 heavy (non-hydrogen) atoms. The van der Waals surface area contributed by atoms with E-state index in [9.17, 15) is 4.79 Å². The van der Waals surface area contributed by atoms with E-state index in [0.29, 0.717) is 0 Å². The molecule has 0 aliphatic rings. The molecule has 0 unspecified atom stereocenters. The second kappa shape index (κ2) is 7.90. The fourth-order valence-corrected chi connectivity index (χ4v) is 2.69. The first-order valence-electron chi connectivity index (χ1n) is 7.34. The molecule has 0 aliphatic heterocycles. The van der Waals surface area contributed by atoms with E-state index in [1.54, 1.807) is 18.7 Å². The molecule has 0 heterocycles. The van der Waals surface area contributed by atoms with E-state index in [0.717, 1.165) is 28.3 Å². The van der Waals surface area contributed by atoms with Crippen molar-refractivity contribution >= 4 is 23.4 Å². The summed E-state index contributed by atoms with van der Waals surface area (Å²) in [4.78, 5) is 13.4. The highest BCUT2D eigenvalue weighted by Crippen LogP contribution is 2.25. The molecule has 2 aromatic rings. The minimum absolute atomic E-state index is 0.146. The molecular weight excluding hydrogens is 294 g/mol. The molecule has 0 aliphatic carbocycles. The maximum atomic E-state index is 12.3. The van der Waals surface area contributed by atoms with Gasteiger partial charge in [0.1, 0.15) is 5.75 Å². The number of nitrogens with one attached hydrogen (secondary N) is 1. The zero-order chi connectivity index (χ0) is 15.9. The van der Waals surface area contributed by atoms with Crippen LogP contribution in [0.1, 0.15) is 19.4 Å². The average Bonchev–Trinajstić information content (AvgIpc) is 2.55. The maximum Gasteiger partial charge on any atom is 0.265 e. The largest absolute Gasteiger partial charge is 0.481 e. The van der Waals surface area contributed by atoms with Gasteiger partial charge in [0.25, 0.3) is 5.91 Å². The van der Waals surface area contributed by atoms with Gasteiger partial charge in [0, 0.05) is 4.90 Å². The number of hydrogen-bond acceptors (Lipinski definition) is 3. The quantitative estimate of drug-likeness (QED) is 0.804. The van der Waals surface area contributed by atoms with Crippen molar-refractivity contribution in [2.75, 3.05) is 11.6 Å². The number of carbonyl (C=O) groups excluding carboxylic acids is 1. The monoisotopic (exact) mass is 315 g/mol. The Bertz CT molecular complexity index is 642. The number of hydrogen-bond donors (Lipinski definition) is 1. The predicted molar refractivity (Wildman–Crippen MR) is 92.8 cm³/mol. The fourth-order valence-electron chi connectivity index (χ4n) is 2.14. The smallest absolute Gasteiger partial charge is 0.265 e. The van der Waals surface area contributed by atoms with Gasteiger partial charge in [-0.05, 0) is 43.4 Å². The van der Waals surface area contributed by atoms with E-state index in [2.05, 4.69) is 12.2 Å². The summed E-state index contributed by atoms with van der Waals surface area (Å²) in [5, 5.41) is 2.93. The lowest BCUT2D eigenvalue weighted by molar-refractivity contribution is -0.122. The van der Waals surface area contributed by atoms with Crippen molar-refractivity contribution in [2.24, 2.45) is 0 Å². The van der Waals surface area contributed by atoms with E-state index in [1.807, 2.05) is 54.8 Å². The zero-order valence-electron chi connectivity index (χ0n) is 13.1. The van der Waals surface area contributed by atoms with Crippen LogP contribution in [0.2, 0.25) is 0 Å². The SMILES string of the molecule is CCc1ccccc1O[C@H](C)C(=O)Nc1ccccc1SC. The standard InChI is InChI=1S/C18H21NO2S/c1-4-14-9-5-7-11-16(14)21-13(2)18(20)19-15-10-6-8-12-17(15)22-3/h5-13H,4H2,1-3H3,(H,19,20)/t13-/m1/s1. The summed E-state index contributed by atoms with van der Waals surface area (Å²) in [5.74, 6) is 0.623. The molecule has 1 N–H and O–H groups in total. The molecule has 0 fully saturated rings. The molecule has 3 nitrogen and oxygen atoms in total. The normalized spacial score (nSPS) is 11.8. The lowest BCUT2D eigenvalue weighted by Crippen LogP contribution is -2.30. The summed E-state index contributed by atoms with van der Waals surface area (Å²) in [6.45, 7) is 3.84. The highest BCUT2D eigenvalue weighted by atomic mass is 32.2. The van der Waals surface area contributed by atoms with E-state index >= 15 is 0 Å². The first-order chi connectivity index (χ1) is 10.7. The number of carbonyl (C=O) groups is 1. The third-order valence-corrected chi connectivity index (χ3v) is 4.19. The van der Waals surface area contributed by atoms with Crippen LogP contribution in [0.4, 0.5) is 5.69 Å². The van der Waals surface area contributed by atoms with Gasteiger partial charge in [-0.2, -0.15) is 0 Å². The second-order valence-corrected chi connectivity index (χ2v) is 5.76. The van der Waals surface area contributed by atoms with Crippen molar-refractivity contribution in [2.45, 2.75) is 31.3 Å². The van der Waals surface area contributed by atoms with E-state index in [4.69, 9.17) is 4.74 Å². The number of amides is 1. The second-order valence-electron chi connectivity index (χ2n) is 4.91. The van der Waals surface area contributed by atoms with E-state index in [1.165, 1.54) is 0 Å². The summed E-state index contributed by atoms with van der Waals surface area (Å²) in [5.41, 5.74) is 1.92. The predicted octanol–water partition coefficient (Wildman–Crippen LogP) is 4.38. The van der Waals surface area contributed by atoms with Crippen LogP contribution in [-0.4, -0.2) is 18.3 Å². The van der Waals surface area contributed by atoms with Crippen LogP contribution in [0.3, 0.4) is 0 Å². The van der Waals surface area contributed by atoms with Crippen LogP contribution in [0.5, 0.6) is 5.75 Å². The number of rotatable bonds is 6. The summed E-state index contributed by atoms with van der Waals surface area (Å²) < 4.78 is 5.83. The number of thioether (sulfide) groups is 1. The van der Waals surface area contributed by atoms with Crippen molar-refractivity contribution < 1.29 is 9.53 Å². The van der Waals surface area contributed by atoms with Gasteiger partial charge in [0.15, 0.2) is 6.10 Å². The summed E-state index contributed by atoms with van der Waals surface area (Å²) >= 11 is 1.60. The van der Waals surface area contributed by atoms with Crippen molar-refractivity contribution in [3.63, 3.8) is 0 Å². The van der Waals surface area contributed by atoms with Gasteiger partial charge in [0.2, 0.25) is 0 Å². The summed E-state index contributed by atoms with van der Waals surface area (Å²) in [7, 11) is 0. The van der Waals surface area contributed by atoms with Crippen LogP contribution in [0.25, 0.3) is 0 Å². The Kier molecular flexibility index (Phi) is 5.90. The highest BCUT2D eigenvalue weighted by molar-refractivity contribution is 7.98. The van der Waals surface area contributed by atoms with Crippen molar-refractivity contribution in [3.05, 3.63) is 54.1 Å². The lowest BCUT2D eigenvalue weighted by Gasteiger charge is -2.17. The van der Waals surface area contributed by atoms with E-state index < -0.39 is 6.10 Å². The molecule has 0 radical (unpaired) electrons. The summed E-state index contributed by atoms with van der Waals surface area (Å²) in [6, 6.07) is 15.6. The van der Waals surface area contributed by atoms with Gasteiger partial charge in [-0.15, -0.1) is 11.8 Å². The van der Waals surface area contributed by atoms with Gasteiger partial charge in [-0.25, -0.2) is 0 Å². The molecule has 1 amide bonds.